The molecule has 2 aliphatic rings. The minimum Gasteiger partial charge on any atom is -0.504 e. The molecule has 140 valence electrons. The first-order valence-corrected chi connectivity index (χ1v) is 9.13. The molecule has 0 radical (unpaired) electrons. The van der Waals surface area contributed by atoms with Gasteiger partial charge in [-0.3, -0.25) is 4.98 Å². The second kappa shape index (κ2) is 6.56. The molecule has 1 aromatic heterocycles. The maximum atomic E-state index is 9.90. The molecule has 6 nitrogen and oxygen atoms in total. The molecule has 0 saturated carbocycles. The molecule has 5 rings (SSSR count). The van der Waals surface area contributed by atoms with Gasteiger partial charge in [-0.1, -0.05) is 24.3 Å². The van der Waals surface area contributed by atoms with Crippen LogP contribution in [0.2, 0.25) is 0 Å². The van der Waals surface area contributed by atoms with Crippen LogP contribution in [0.25, 0.3) is 0 Å². The first-order valence-electron chi connectivity index (χ1n) is 9.13. The number of para-hydroxylation sites is 1. The number of fused-ring (bicyclic) bond motifs is 3. The van der Waals surface area contributed by atoms with Crippen molar-refractivity contribution in [2.75, 3.05) is 7.11 Å². The monoisotopic (exact) mass is 373 g/mol. The maximum Gasteiger partial charge on any atom is 0.215 e. The van der Waals surface area contributed by atoms with Gasteiger partial charge in [0.05, 0.1) is 18.9 Å². The van der Waals surface area contributed by atoms with Crippen molar-refractivity contribution in [3.8, 4) is 17.2 Å². The molecule has 6 heteroatoms. The van der Waals surface area contributed by atoms with E-state index in [2.05, 4.69) is 11.1 Å². The quantitative estimate of drug-likeness (QED) is 0.751. The average molecular weight is 373 g/mol. The molecule has 1 N–H and O–H groups in total. The molecule has 0 aliphatic carbocycles. The highest BCUT2D eigenvalue weighted by atomic mass is 16.5. The molecular weight excluding hydrogens is 354 g/mol. The summed E-state index contributed by atoms with van der Waals surface area (Å²) in [5.41, 5.74) is 3.92. The third-order valence-electron chi connectivity index (χ3n) is 5.18. The van der Waals surface area contributed by atoms with Crippen LogP contribution >= 0.6 is 0 Å². The predicted octanol–water partition coefficient (Wildman–Crippen LogP) is 4.04. The number of methoxy groups -OCH3 is 1. The zero-order valence-electron chi connectivity index (χ0n) is 15.3. The van der Waals surface area contributed by atoms with E-state index < -0.39 is 0 Å². The Morgan fingerprint density at radius 3 is 2.86 bits per heavy atom. The van der Waals surface area contributed by atoms with Crippen LogP contribution in [0.3, 0.4) is 0 Å². The Hall–Kier alpha value is -3.54. The molecule has 28 heavy (non-hydrogen) atoms. The van der Waals surface area contributed by atoms with E-state index in [0.29, 0.717) is 5.75 Å². The molecule has 0 unspecified atom stereocenters. The van der Waals surface area contributed by atoms with Gasteiger partial charge in [0.1, 0.15) is 5.75 Å². The van der Waals surface area contributed by atoms with Crippen LogP contribution in [0.15, 0.2) is 72.1 Å². The molecule has 2 aliphatic heterocycles. The van der Waals surface area contributed by atoms with Gasteiger partial charge >= 0.3 is 0 Å². The number of phenolic OH excluding ortho intramolecular Hbond substituents is 1. The molecule has 2 atom stereocenters. The number of hydrazone groups is 1. The maximum absolute atomic E-state index is 9.90. The number of aromatic hydroxyl groups is 1. The summed E-state index contributed by atoms with van der Waals surface area (Å²) < 4.78 is 11.6. The van der Waals surface area contributed by atoms with Gasteiger partial charge in [0.2, 0.25) is 6.23 Å². The summed E-state index contributed by atoms with van der Waals surface area (Å²) in [7, 11) is 1.54. The van der Waals surface area contributed by atoms with E-state index >= 15 is 0 Å². The van der Waals surface area contributed by atoms with Gasteiger partial charge < -0.3 is 14.6 Å². The van der Waals surface area contributed by atoms with Crippen molar-refractivity contribution >= 4 is 5.71 Å². The molecule has 0 bridgehead atoms. The summed E-state index contributed by atoms with van der Waals surface area (Å²) in [6.07, 6.45) is 3.96. The third kappa shape index (κ3) is 2.65. The number of rotatable bonds is 3. The van der Waals surface area contributed by atoms with Crippen LogP contribution in [-0.2, 0) is 0 Å². The van der Waals surface area contributed by atoms with Gasteiger partial charge in [-0.2, -0.15) is 5.10 Å². The van der Waals surface area contributed by atoms with Crippen LogP contribution in [0.4, 0.5) is 0 Å². The van der Waals surface area contributed by atoms with Gasteiger partial charge in [-0.15, -0.1) is 0 Å². The highest BCUT2D eigenvalue weighted by Gasteiger charge is 2.40. The van der Waals surface area contributed by atoms with E-state index in [-0.39, 0.29) is 18.0 Å². The lowest BCUT2D eigenvalue weighted by Gasteiger charge is -2.38. The van der Waals surface area contributed by atoms with Crippen LogP contribution in [0.5, 0.6) is 17.2 Å². The van der Waals surface area contributed by atoms with Crippen molar-refractivity contribution < 1.29 is 14.6 Å². The summed E-state index contributed by atoms with van der Waals surface area (Å²) in [5.74, 6) is 1.42. The first kappa shape index (κ1) is 16.6. The topological polar surface area (TPSA) is 67.2 Å². The zero-order valence-corrected chi connectivity index (χ0v) is 15.3. The fourth-order valence-corrected chi connectivity index (χ4v) is 3.81. The fourth-order valence-electron chi connectivity index (χ4n) is 3.81. The number of nitrogens with zero attached hydrogens (tertiary/aromatic N) is 3. The number of aromatic nitrogens is 1. The number of phenols is 1. The minimum absolute atomic E-state index is 0.0740. The molecule has 0 saturated heterocycles. The smallest absolute Gasteiger partial charge is 0.215 e. The minimum atomic E-state index is -0.342. The van der Waals surface area contributed by atoms with Gasteiger partial charge in [-0.25, -0.2) is 5.01 Å². The van der Waals surface area contributed by atoms with E-state index in [0.717, 1.165) is 34.6 Å². The summed E-state index contributed by atoms with van der Waals surface area (Å²) in [5, 5.41) is 16.8. The Kier molecular flexibility index (Phi) is 3.90. The third-order valence-corrected chi connectivity index (χ3v) is 5.18. The molecule has 0 spiro atoms. The van der Waals surface area contributed by atoms with E-state index in [1.54, 1.807) is 19.4 Å². The molecule has 3 heterocycles. The van der Waals surface area contributed by atoms with E-state index in [4.69, 9.17) is 14.6 Å². The van der Waals surface area contributed by atoms with Crippen LogP contribution < -0.4 is 9.47 Å². The number of ether oxygens (including phenoxy) is 2. The number of hydrogen-bond donors (Lipinski definition) is 1. The summed E-state index contributed by atoms with van der Waals surface area (Å²) in [4.78, 5) is 4.24. The number of benzene rings is 2. The lowest BCUT2D eigenvalue weighted by Crippen LogP contribution is -2.33. The summed E-state index contributed by atoms with van der Waals surface area (Å²) in [6, 6.07) is 17.4. The summed E-state index contributed by atoms with van der Waals surface area (Å²) in [6.45, 7) is 0. The predicted molar refractivity (Wildman–Crippen MR) is 104 cm³/mol. The largest absolute Gasteiger partial charge is 0.504 e. The fraction of sp³-hybridized carbons (Fsp3) is 0.182. The van der Waals surface area contributed by atoms with Crippen molar-refractivity contribution in [3.05, 3.63) is 83.7 Å². The van der Waals surface area contributed by atoms with Crippen molar-refractivity contribution in [1.29, 1.82) is 0 Å². The van der Waals surface area contributed by atoms with Crippen LogP contribution in [0.1, 0.15) is 35.4 Å². The second-order valence-electron chi connectivity index (χ2n) is 6.83. The Morgan fingerprint density at radius 2 is 2.04 bits per heavy atom. The molecule has 3 aromatic rings. The van der Waals surface area contributed by atoms with Gasteiger partial charge in [0.25, 0.3) is 0 Å². The van der Waals surface area contributed by atoms with Crippen LogP contribution in [-0.4, -0.2) is 27.9 Å². The summed E-state index contributed by atoms with van der Waals surface area (Å²) >= 11 is 0. The van der Waals surface area contributed by atoms with Gasteiger partial charge in [0, 0.05) is 35.5 Å². The lowest BCUT2D eigenvalue weighted by atomic mass is 9.96. The molecule has 0 amide bonds. The first-order chi connectivity index (χ1) is 13.7. The second-order valence-corrected chi connectivity index (χ2v) is 6.83. The zero-order chi connectivity index (χ0) is 19.1. The van der Waals surface area contributed by atoms with E-state index in [1.807, 2.05) is 53.7 Å². The van der Waals surface area contributed by atoms with Crippen molar-refractivity contribution in [2.45, 2.75) is 18.7 Å². The molecular formula is C22H19N3O3. The molecule has 0 fully saturated rings. The van der Waals surface area contributed by atoms with Gasteiger partial charge in [0.15, 0.2) is 11.5 Å². The van der Waals surface area contributed by atoms with Gasteiger partial charge in [-0.05, 0) is 30.3 Å². The number of pyridine rings is 1. The Labute approximate surface area is 162 Å². The van der Waals surface area contributed by atoms with E-state index in [1.165, 1.54) is 0 Å². The lowest BCUT2D eigenvalue weighted by molar-refractivity contribution is -0.0192. The van der Waals surface area contributed by atoms with Crippen molar-refractivity contribution in [3.63, 3.8) is 0 Å². The number of hydrogen-bond acceptors (Lipinski definition) is 6. The SMILES string of the molecule is COc1cc(C2=NN3[C@H](C2)c2ccccc2O[C@@H]3c2cccnc2)ccc1O. The van der Waals surface area contributed by atoms with Crippen LogP contribution in [0, 0.1) is 0 Å². The standard InChI is InChI=1S/C22H19N3O3/c1-27-21-11-14(8-9-19(21)26)17-12-18-16-6-2-3-7-20(16)28-22(25(18)24-17)15-5-4-10-23-13-15/h2-11,13,18,22,26H,12H2,1H3/t18-,22-/m1/s1. The normalized spacial score (nSPS) is 20.0. The Bertz CT molecular complexity index is 1050. The highest BCUT2D eigenvalue weighted by Crippen LogP contribution is 2.47. The van der Waals surface area contributed by atoms with Crippen molar-refractivity contribution in [2.24, 2.45) is 5.10 Å². The van der Waals surface area contributed by atoms with E-state index in [9.17, 15) is 5.11 Å². The Balaban J connectivity index is 1.58. The molecule has 2 aromatic carbocycles. The van der Waals surface area contributed by atoms with Crippen molar-refractivity contribution in [1.82, 2.24) is 9.99 Å². The average Bonchev–Trinajstić information content (AvgIpc) is 3.20. The highest BCUT2D eigenvalue weighted by molar-refractivity contribution is 6.02. The Morgan fingerprint density at radius 1 is 1.14 bits per heavy atom.